The Kier molecular flexibility index (Phi) is 8.58. The summed E-state index contributed by atoms with van der Waals surface area (Å²) in [4.78, 5) is 4.51. The van der Waals surface area contributed by atoms with E-state index in [1.807, 2.05) is 0 Å². The average molecular weight is 271 g/mol. The lowest BCUT2D eigenvalue weighted by Gasteiger charge is -2.14. The summed E-state index contributed by atoms with van der Waals surface area (Å²) in [5, 5.41) is 6.52. The molecule has 0 aliphatic carbocycles. The number of guanidine groups is 1. The molecule has 1 aliphatic rings. The monoisotopic (exact) mass is 271 g/mol. The van der Waals surface area contributed by atoms with Gasteiger partial charge in [-0.1, -0.05) is 0 Å². The zero-order valence-electron chi connectivity index (χ0n) is 12.6. The van der Waals surface area contributed by atoms with E-state index in [0.29, 0.717) is 12.1 Å². The molecule has 0 amide bonds. The van der Waals surface area contributed by atoms with Gasteiger partial charge in [-0.05, 0) is 40.0 Å². The third-order valence-electron chi connectivity index (χ3n) is 2.81. The summed E-state index contributed by atoms with van der Waals surface area (Å²) in [6.45, 7) is 10.3. The Morgan fingerprint density at radius 2 is 2.32 bits per heavy atom. The first-order chi connectivity index (χ1) is 9.22. The van der Waals surface area contributed by atoms with Crippen LogP contribution in [0.2, 0.25) is 0 Å². The molecule has 1 heterocycles. The Morgan fingerprint density at radius 1 is 1.47 bits per heavy atom. The fraction of sp³-hybridized carbons (Fsp3) is 0.929. The van der Waals surface area contributed by atoms with Gasteiger partial charge < -0.3 is 20.1 Å². The topological polar surface area (TPSA) is 54.9 Å². The molecule has 0 aromatic heterocycles. The highest BCUT2D eigenvalue weighted by Crippen LogP contribution is 2.11. The van der Waals surface area contributed by atoms with Crippen molar-refractivity contribution in [2.75, 3.05) is 32.9 Å². The molecular weight excluding hydrogens is 242 g/mol. The first kappa shape index (κ1) is 16.2. The first-order valence-corrected chi connectivity index (χ1v) is 7.46. The minimum Gasteiger partial charge on any atom is -0.379 e. The first-order valence-electron chi connectivity index (χ1n) is 7.46. The van der Waals surface area contributed by atoms with Crippen LogP contribution >= 0.6 is 0 Å². The van der Waals surface area contributed by atoms with Crippen molar-refractivity contribution in [2.45, 2.75) is 52.2 Å². The SMILES string of the molecule is CCNC(=NCCCOCC1CCCO1)NC(C)C. The van der Waals surface area contributed by atoms with E-state index >= 15 is 0 Å². The molecule has 1 unspecified atom stereocenters. The Bertz CT molecular complexity index is 251. The van der Waals surface area contributed by atoms with Crippen LogP contribution < -0.4 is 10.6 Å². The maximum atomic E-state index is 5.61. The fourth-order valence-corrected chi connectivity index (χ4v) is 1.94. The summed E-state index contributed by atoms with van der Waals surface area (Å²) in [6, 6.07) is 0.397. The zero-order chi connectivity index (χ0) is 13.9. The Hall–Kier alpha value is -0.810. The zero-order valence-corrected chi connectivity index (χ0v) is 12.6. The Morgan fingerprint density at radius 3 is 2.95 bits per heavy atom. The van der Waals surface area contributed by atoms with E-state index in [1.54, 1.807) is 0 Å². The molecule has 2 N–H and O–H groups in total. The van der Waals surface area contributed by atoms with Crippen LogP contribution in [0.15, 0.2) is 4.99 Å². The summed E-state index contributed by atoms with van der Waals surface area (Å²) in [5.74, 6) is 0.886. The number of ether oxygens (including phenoxy) is 2. The highest BCUT2D eigenvalue weighted by molar-refractivity contribution is 5.79. The second-order valence-corrected chi connectivity index (χ2v) is 5.12. The van der Waals surface area contributed by atoms with Gasteiger partial charge in [0.2, 0.25) is 0 Å². The predicted octanol–water partition coefficient (Wildman–Crippen LogP) is 1.54. The number of rotatable bonds is 8. The average Bonchev–Trinajstić information content (AvgIpc) is 2.86. The van der Waals surface area contributed by atoms with Crippen molar-refractivity contribution in [3.63, 3.8) is 0 Å². The number of nitrogens with one attached hydrogen (secondary N) is 2. The second-order valence-electron chi connectivity index (χ2n) is 5.12. The van der Waals surface area contributed by atoms with E-state index in [9.17, 15) is 0 Å². The molecule has 0 radical (unpaired) electrons. The summed E-state index contributed by atoms with van der Waals surface area (Å²) in [6.07, 6.45) is 3.58. The van der Waals surface area contributed by atoms with Crippen molar-refractivity contribution in [1.29, 1.82) is 0 Å². The lowest BCUT2D eigenvalue weighted by Crippen LogP contribution is -2.41. The van der Waals surface area contributed by atoms with Gasteiger partial charge in [0, 0.05) is 32.3 Å². The molecule has 5 nitrogen and oxygen atoms in total. The number of hydrogen-bond acceptors (Lipinski definition) is 3. The molecule has 0 saturated carbocycles. The van der Waals surface area contributed by atoms with Crippen LogP contribution in [0.5, 0.6) is 0 Å². The molecule has 0 aromatic rings. The molecule has 0 spiro atoms. The molecular formula is C14H29N3O2. The normalized spacial score (nSPS) is 20.0. The van der Waals surface area contributed by atoms with E-state index in [1.165, 1.54) is 6.42 Å². The summed E-state index contributed by atoms with van der Waals surface area (Å²) in [5.41, 5.74) is 0. The number of aliphatic imine (C=N–C) groups is 1. The van der Waals surface area contributed by atoms with Crippen LogP contribution in [0.3, 0.4) is 0 Å². The van der Waals surface area contributed by atoms with Gasteiger partial charge in [0.15, 0.2) is 5.96 Å². The van der Waals surface area contributed by atoms with Gasteiger partial charge in [-0.25, -0.2) is 0 Å². The molecule has 1 atom stereocenters. The molecule has 1 rings (SSSR count). The van der Waals surface area contributed by atoms with Crippen LogP contribution in [-0.4, -0.2) is 51.0 Å². The molecule has 1 saturated heterocycles. The molecule has 1 fully saturated rings. The Balaban J connectivity index is 2.05. The molecule has 0 bridgehead atoms. The van der Waals surface area contributed by atoms with Gasteiger partial charge in [-0.15, -0.1) is 0 Å². The highest BCUT2D eigenvalue weighted by Gasteiger charge is 2.14. The second kappa shape index (κ2) is 10.0. The van der Waals surface area contributed by atoms with Crippen molar-refractivity contribution in [2.24, 2.45) is 4.99 Å². The van der Waals surface area contributed by atoms with E-state index in [0.717, 1.165) is 51.7 Å². The molecule has 112 valence electrons. The third-order valence-corrected chi connectivity index (χ3v) is 2.81. The van der Waals surface area contributed by atoms with Crippen LogP contribution in [0.1, 0.15) is 40.0 Å². The lowest BCUT2D eigenvalue weighted by atomic mass is 10.2. The van der Waals surface area contributed by atoms with Crippen molar-refractivity contribution < 1.29 is 9.47 Å². The summed E-state index contributed by atoms with van der Waals surface area (Å²) < 4.78 is 11.1. The van der Waals surface area contributed by atoms with Gasteiger partial charge in [0.05, 0.1) is 12.7 Å². The smallest absolute Gasteiger partial charge is 0.191 e. The van der Waals surface area contributed by atoms with Gasteiger partial charge in [0.1, 0.15) is 0 Å². The van der Waals surface area contributed by atoms with E-state index in [2.05, 4.69) is 36.4 Å². The quantitative estimate of drug-likeness (QED) is 0.399. The van der Waals surface area contributed by atoms with Gasteiger partial charge >= 0.3 is 0 Å². The van der Waals surface area contributed by atoms with E-state index in [-0.39, 0.29) is 0 Å². The maximum Gasteiger partial charge on any atom is 0.191 e. The van der Waals surface area contributed by atoms with Crippen LogP contribution in [0.25, 0.3) is 0 Å². The van der Waals surface area contributed by atoms with Crippen LogP contribution in [0, 0.1) is 0 Å². The molecule has 5 heteroatoms. The standard InChI is InChI=1S/C14H29N3O2/c1-4-15-14(17-12(2)3)16-8-6-9-18-11-13-7-5-10-19-13/h12-13H,4-11H2,1-3H3,(H2,15,16,17). The largest absolute Gasteiger partial charge is 0.379 e. The van der Waals surface area contributed by atoms with Crippen LogP contribution in [0.4, 0.5) is 0 Å². The third kappa shape index (κ3) is 8.06. The minimum absolute atomic E-state index is 0.323. The fourth-order valence-electron chi connectivity index (χ4n) is 1.94. The molecule has 0 aromatic carbocycles. The molecule has 1 aliphatic heterocycles. The van der Waals surface area contributed by atoms with Crippen LogP contribution in [-0.2, 0) is 9.47 Å². The number of hydrogen-bond donors (Lipinski definition) is 2. The summed E-state index contributed by atoms with van der Waals surface area (Å²) in [7, 11) is 0. The van der Waals surface area contributed by atoms with Crippen molar-refractivity contribution >= 4 is 5.96 Å². The molecule has 19 heavy (non-hydrogen) atoms. The minimum atomic E-state index is 0.323. The van der Waals surface area contributed by atoms with Gasteiger partial charge in [-0.3, -0.25) is 4.99 Å². The van der Waals surface area contributed by atoms with Crippen molar-refractivity contribution in [1.82, 2.24) is 10.6 Å². The number of nitrogens with zero attached hydrogens (tertiary/aromatic N) is 1. The lowest BCUT2D eigenvalue weighted by molar-refractivity contribution is 0.0171. The summed E-state index contributed by atoms with van der Waals surface area (Å²) >= 11 is 0. The van der Waals surface area contributed by atoms with Gasteiger partial charge in [0.25, 0.3) is 0 Å². The van der Waals surface area contributed by atoms with Gasteiger partial charge in [-0.2, -0.15) is 0 Å². The Labute approximate surface area is 117 Å². The van der Waals surface area contributed by atoms with E-state index in [4.69, 9.17) is 9.47 Å². The maximum absolute atomic E-state index is 5.61. The highest BCUT2D eigenvalue weighted by atomic mass is 16.5. The van der Waals surface area contributed by atoms with Crippen molar-refractivity contribution in [3.8, 4) is 0 Å². The van der Waals surface area contributed by atoms with Crippen molar-refractivity contribution in [3.05, 3.63) is 0 Å². The predicted molar refractivity (Wildman–Crippen MR) is 78.7 cm³/mol. The van der Waals surface area contributed by atoms with E-state index < -0.39 is 0 Å².